The standard InChI is InChI=1S/C18H24F3N3O2/c1-3-22-17(24-10-8-14(9-11-24)16(25)26-2)23-12-13-4-6-15(7-5-13)18(19,20)21/h4-7,14H,3,8-12H2,1-2H3,(H,22,23). The lowest BCUT2D eigenvalue weighted by Gasteiger charge is -2.33. The number of esters is 1. The number of hydrogen-bond donors (Lipinski definition) is 1. The number of aliphatic imine (C=N–C) groups is 1. The Morgan fingerprint density at radius 3 is 2.38 bits per heavy atom. The van der Waals surface area contributed by atoms with Gasteiger partial charge < -0.3 is 15.0 Å². The minimum Gasteiger partial charge on any atom is -0.469 e. The lowest BCUT2D eigenvalue weighted by atomic mass is 9.97. The molecular formula is C18H24F3N3O2. The number of guanidine groups is 1. The highest BCUT2D eigenvalue weighted by molar-refractivity contribution is 5.80. The van der Waals surface area contributed by atoms with Crippen molar-refractivity contribution in [3.8, 4) is 0 Å². The maximum absolute atomic E-state index is 12.6. The van der Waals surface area contributed by atoms with Crippen molar-refractivity contribution >= 4 is 11.9 Å². The molecule has 1 aliphatic rings. The van der Waals surface area contributed by atoms with Gasteiger partial charge in [-0.2, -0.15) is 13.2 Å². The van der Waals surface area contributed by atoms with E-state index in [-0.39, 0.29) is 18.4 Å². The molecule has 0 saturated carbocycles. The summed E-state index contributed by atoms with van der Waals surface area (Å²) in [6.07, 6.45) is -2.95. The summed E-state index contributed by atoms with van der Waals surface area (Å²) < 4.78 is 42.6. The average molecular weight is 371 g/mol. The fourth-order valence-corrected chi connectivity index (χ4v) is 2.88. The third-order valence-electron chi connectivity index (χ3n) is 4.36. The van der Waals surface area contributed by atoms with Gasteiger partial charge in [0.05, 0.1) is 25.1 Å². The van der Waals surface area contributed by atoms with Crippen LogP contribution in [-0.2, 0) is 22.3 Å². The van der Waals surface area contributed by atoms with Crippen LogP contribution < -0.4 is 5.32 Å². The Labute approximate surface area is 151 Å². The molecule has 0 aromatic heterocycles. The van der Waals surface area contributed by atoms with Gasteiger partial charge in [0.2, 0.25) is 0 Å². The summed E-state index contributed by atoms with van der Waals surface area (Å²) in [5.41, 5.74) is 0.0415. The SMILES string of the molecule is CCNC(=NCc1ccc(C(F)(F)F)cc1)N1CCC(C(=O)OC)CC1. The molecule has 0 spiro atoms. The first-order valence-corrected chi connectivity index (χ1v) is 8.62. The van der Waals surface area contributed by atoms with Crippen LogP contribution in [0.3, 0.4) is 0 Å². The van der Waals surface area contributed by atoms with Crippen molar-refractivity contribution in [3.05, 3.63) is 35.4 Å². The van der Waals surface area contributed by atoms with E-state index >= 15 is 0 Å². The lowest BCUT2D eigenvalue weighted by molar-refractivity contribution is -0.146. The highest BCUT2D eigenvalue weighted by Crippen LogP contribution is 2.29. The first-order chi connectivity index (χ1) is 12.3. The van der Waals surface area contributed by atoms with Crippen molar-refractivity contribution in [1.82, 2.24) is 10.2 Å². The third-order valence-corrected chi connectivity index (χ3v) is 4.36. The number of methoxy groups -OCH3 is 1. The Kier molecular flexibility index (Phi) is 6.88. The van der Waals surface area contributed by atoms with Crippen molar-refractivity contribution in [3.63, 3.8) is 0 Å². The van der Waals surface area contributed by atoms with Gasteiger partial charge in [-0.1, -0.05) is 12.1 Å². The van der Waals surface area contributed by atoms with E-state index in [0.29, 0.717) is 44.0 Å². The number of carbonyl (C=O) groups is 1. The molecule has 1 aromatic carbocycles. The molecule has 1 heterocycles. The van der Waals surface area contributed by atoms with Crippen molar-refractivity contribution in [2.45, 2.75) is 32.5 Å². The Balaban J connectivity index is 2.00. The van der Waals surface area contributed by atoms with Crippen molar-refractivity contribution in [2.24, 2.45) is 10.9 Å². The number of halogens is 3. The summed E-state index contributed by atoms with van der Waals surface area (Å²) in [6, 6.07) is 5.03. The Hall–Kier alpha value is -2.25. The van der Waals surface area contributed by atoms with E-state index in [1.54, 1.807) is 0 Å². The summed E-state index contributed by atoms with van der Waals surface area (Å²) in [4.78, 5) is 18.2. The molecule has 0 unspecified atom stereocenters. The zero-order chi connectivity index (χ0) is 19.2. The van der Waals surface area contributed by atoms with Gasteiger partial charge in [-0.3, -0.25) is 4.79 Å². The molecule has 0 atom stereocenters. The quantitative estimate of drug-likeness (QED) is 0.502. The van der Waals surface area contributed by atoms with Gasteiger partial charge in [0.1, 0.15) is 0 Å². The monoisotopic (exact) mass is 371 g/mol. The van der Waals surface area contributed by atoms with E-state index in [1.807, 2.05) is 6.92 Å². The Morgan fingerprint density at radius 1 is 1.27 bits per heavy atom. The topological polar surface area (TPSA) is 53.9 Å². The van der Waals surface area contributed by atoms with Gasteiger partial charge in [0.15, 0.2) is 5.96 Å². The summed E-state index contributed by atoms with van der Waals surface area (Å²) in [5, 5.41) is 3.20. The number of hydrogen-bond acceptors (Lipinski definition) is 3. The maximum Gasteiger partial charge on any atom is 0.416 e. The van der Waals surface area contributed by atoms with Crippen LogP contribution in [0.25, 0.3) is 0 Å². The minimum absolute atomic E-state index is 0.0889. The predicted octanol–water partition coefficient (Wildman–Crippen LogP) is 3.06. The van der Waals surface area contributed by atoms with Gasteiger partial charge in [-0.15, -0.1) is 0 Å². The van der Waals surface area contributed by atoms with Crippen LogP contribution >= 0.6 is 0 Å². The molecule has 1 fully saturated rings. The summed E-state index contributed by atoms with van der Waals surface area (Å²) >= 11 is 0. The fourth-order valence-electron chi connectivity index (χ4n) is 2.88. The van der Waals surface area contributed by atoms with Crippen molar-refractivity contribution in [2.75, 3.05) is 26.7 Å². The second-order valence-corrected chi connectivity index (χ2v) is 6.15. The number of benzene rings is 1. The highest BCUT2D eigenvalue weighted by Gasteiger charge is 2.30. The van der Waals surface area contributed by atoms with E-state index in [9.17, 15) is 18.0 Å². The van der Waals surface area contributed by atoms with Crippen LogP contribution in [0.15, 0.2) is 29.3 Å². The largest absolute Gasteiger partial charge is 0.469 e. The molecule has 26 heavy (non-hydrogen) atoms. The van der Waals surface area contributed by atoms with Crippen LogP contribution in [-0.4, -0.2) is 43.6 Å². The van der Waals surface area contributed by atoms with Gasteiger partial charge in [-0.05, 0) is 37.5 Å². The first-order valence-electron chi connectivity index (χ1n) is 8.62. The minimum atomic E-state index is -4.33. The zero-order valence-electron chi connectivity index (χ0n) is 15.0. The number of ether oxygens (including phenoxy) is 1. The number of nitrogens with zero attached hydrogens (tertiary/aromatic N) is 2. The molecule has 8 heteroatoms. The van der Waals surface area contributed by atoms with Crippen molar-refractivity contribution < 1.29 is 22.7 Å². The number of rotatable bonds is 4. The molecule has 0 aliphatic carbocycles. The van der Waals surface area contributed by atoms with E-state index < -0.39 is 11.7 Å². The van der Waals surface area contributed by atoms with E-state index in [2.05, 4.69) is 15.2 Å². The second-order valence-electron chi connectivity index (χ2n) is 6.15. The van der Waals surface area contributed by atoms with Gasteiger partial charge in [0, 0.05) is 19.6 Å². The molecule has 1 aromatic rings. The van der Waals surface area contributed by atoms with Crippen LogP contribution in [0.5, 0.6) is 0 Å². The molecular weight excluding hydrogens is 347 g/mol. The maximum atomic E-state index is 12.6. The van der Waals surface area contributed by atoms with Gasteiger partial charge in [-0.25, -0.2) is 4.99 Å². The summed E-state index contributed by atoms with van der Waals surface area (Å²) in [7, 11) is 1.39. The average Bonchev–Trinajstić information content (AvgIpc) is 2.64. The number of carbonyl (C=O) groups excluding carboxylic acids is 1. The van der Waals surface area contributed by atoms with E-state index in [1.165, 1.54) is 19.2 Å². The molecule has 0 radical (unpaired) electrons. The number of likely N-dealkylation sites (tertiary alicyclic amines) is 1. The van der Waals surface area contributed by atoms with E-state index in [0.717, 1.165) is 12.1 Å². The van der Waals surface area contributed by atoms with Crippen LogP contribution in [0.2, 0.25) is 0 Å². The van der Waals surface area contributed by atoms with Crippen LogP contribution in [0, 0.1) is 5.92 Å². The van der Waals surface area contributed by atoms with Crippen LogP contribution in [0.1, 0.15) is 30.9 Å². The van der Waals surface area contributed by atoms with Gasteiger partial charge >= 0.3 is 12.1 Å². The van der Waals surface area contributed by atoms with Gasteiger partial charge in [0.25, 0.3) is 0 Å². The third kappa shape index (κ3) is 5.37. The smallest absolute Gasteiger partial charge is 0.416 e. The number of alkyl halides is 3. The second kappa shape index (κ2) is 8.91. The fraction of sp³-hybridized carbons (Fsp3) is 0.556. The molecule has 5 nitrogen and oxygen atoms in total. The summed E-state index contributed by atoms with van der Waals surface area (Å²) in [5.74, 6) is 0.432. The van der Waals surface area contributed by atoms with Crippen molar-refractivity contribution in [1.29, 1.82) is 0 Å². The highest BCUT2D eigenvalue weighted by atomic mass is 19.4. The molecule has 0 bridgehead atoms. The molecule has 1 N–H and O–H groups in total. The lowest BCUT2D eigenvalue weighted by Crippen LogP contribution is -2.46. The molecule has 1 saturated heterocycles. The molecule has 2 rings (SSSR count). The zero-order valence-corrected chi connectivity index (χ0v) is 15.0. The van der Waals surface area contributed by atoms with E-state index in [4.69, 9.17) is 4.74 Å². The van der Waals surface area contributed by atoms with Crippen LogP contribution in [0.4, 0.5) is 13.2 Å². The molecule has 144 valence electrons. The Bertz CT molecular complexity index is 622. The normalized spacial score (nSPS) is 16.5. The molecule has 0 amide bonds. The first kappa shape index (κ1) is 20.1. The number of nitrogens with one attached hydrogen (secondary N) is 1. The predicted molar refractivity (Wildman–Crippen MR) is 92.6 cm³/mol. The number of piperidine rings is 1. The molecule has 1 aliphatic heterocycles. The Morgan fingerprint density at radius 2 is 1.88 bits per heavy atom. The summed E-state index contributed by atoms with van der Waals surface area (Å²) in [6.45, 7) is 4.28.